The molecule has 1 fully saturated rings. The molecule has 0 amide bonds. The second-order valence-electron chi connectivity index (χ2n) is 5.19. The van der Waals surface area contributed by atoms with Gasteiger partial charge in [-0.05, 0) is 29.8 Å². The minimum Gasteiger partial charge on any atom is -0.454 e. The molecule has 0 saturated carbocycles. The van der Waals surface area contributed by atoms with Crippen LogP contribution in [0.25, 0.3) is 0 Å². The summed E-state index contributed by atoms with van der Waals surface area (Å²) in [5.41, 5.74) is 14.6. The zero-order valence-electron chi connectivity index (χ0n) is 11.3. The fourth-order valence-corrected chi connectivity index (χ4v) is 2.91. The van der Waals surface area contributed by atoms with E-state index in [1.165, 1.54) is 0 Å². The van der Waals surface area contributed by atoms with Crippen molar-refractivity contribution >= 4 is 0 Å². The molecular formula is C15H16N4O2. The van der Waals surface area contributed by atoms with E-state index in [2.05, 4.69) is 15.8 Å². The van der Waals surface area contributed by atoms with Crippen LogP contribution < -0.4 is 26.1 Å². The summed E-state index contributed by atoms with van der Waals surface area (Å²) >= 11 is 0. The molecule has 1 saturated heterocycles. The van der Waals surface area contributed by atoms with E-state index < -0.39 is 0 Å². The Hall–Kier alpha value is -2.15. The number of nitrogens with two attached hydrogens (primary N) is 1. The molecule has 4 N–H and O–H groups in total. The number of rotatable bonds is 2. The number of ether oxygens (including phenoxy) is 2. The van der Waals surface area contributed by atoms with E-state index in [0.717, 1.165) is 22.8 Å². The van der Waals surface area contributed by atoms with Crippen molar-refractivity contribution in [1.29, 1.82) is 0 Å². The van der Waals surface area contributed by atoms with Gasteiger partial charge < -0.3 is 15.2 Å². The molecule has 6 heteroatoms. The van der Waals surface area contributed by atoms with Gasteiger partial charge in [-0.15, -0.1) is 0 Å². The van der Waals surface area contributed by atoms with Crippen LogP contribution in [0, 0.1) is 0 Å². The van der Waals surface area contributed by atoms with Crippen LogP contribution in [0.4, 0.5) is 0 Å². The van der Waals surface area contributed by atoms with Gasteiger partial charge in [0.1, 0.15) is 0 Å². The van der Waals surface area contributed by atoms with Crippen LogP contribution in [-0.4, -0.2) is 17.9 Å². The molecule has 1 aromatic heterocycles. The molecule has 0 aliphatic carbocycles. The molecule has 0 spiro atoms. The van der Waals surface area contributed by atoms with Crippen LogP contribution in [0.1, 0.15) is 23.2 Å². The van der Waals surface area contributed by atoms with Crippen LogP contribution in [-0.2, 0) is 0 Å². The highest BCUT2D eigenvalue weighted by atomic mass is 16.7. The molecule has 21 heavy (non-hydrogen) atoms. The Bertz CT molecular complexity index is 649. The summed E-state index contributed by atoms with van der Waals surface area (Å²) in [5, 5.41) is 0. The summed E-state index contributed by atoms with van der Waals surface area (Å²) in [4.78, 5) is 4.43. The number of hydrogen-bond acceptors (Lipinski definition) is 6. The van der Waals surface area contributed by atoms with Gasteiger partial charge in [0, 0.05) is 12.1 Å². The van der Waals surface area contributed by atoms with Gasteiger partial charge >= 0.3 is 0 Å². The van der Waals surface area contributed by atoms with E-state index in [-0.39, 0.29) is 24.9 Å². The molecule has 108 valence electrons. The van der Waals surface area contributed by atoms with Gasteiger partial charge in [-0.1, -0.05) is 12.1 Å². The molecule has 4 rings (SSSR count). The largest absolute Gasteiger partial charge is 0.454 e. The molecule has 1 aromatic carbocycles. The highest BCUT2D eigenvalue weighted by Crippen LogP contribution is 2.40. The highest BCUT2D eigenvalue weighted by molar-refractivity contribution is 5.46. The van der Waals surface area contributed by atoms with E-state index in [1.807, 2.05) is 36.4 Å². The normalized spacial score (nSPS) is 27.0. The predicted molar refractivity (Wildman–Crippen MR) is 76.5 cm³/mol. The summed E-state index contributed by atoms with van der Waals surface area (Å²) in [7, 11) is 0. The zero-order valence-corrected chi connectivity index (χ0v) is 11.3. The number of hydrogen-bond donors (Lipinski definition) is 3. The predicted octanol–water partition coefficient (Wildman–Crippen LogP) is 1.03. The summed E-state index contributed by atoms with van der Waals surface area (Å²) in [6, 6.07) is 11.9. The lowest BCUT2D eigenvalue weighted by molar-refractivity contribution is 0.174. The highest BCUT2D eigenvalue weighted by Gasteiger charge is 2.37. The van der Waals surface area contributed by atoms with Gasteiger partial charge in [-0.3, -0.25) is 4.98 Å². The molecule has 3 atom stereocenters. The fourth-order valence-electron chi connectivity index (χ4n) is 2.91. The Balaban J connectivity index is 1.71. The Morgan fingerprint density at radius 1 is 1.10 bits per heavy atom. The van der Waals surface area contributed by atoms with E-state index in [4.69, 9.17) is 15.2 Å². The molecule has 2 aliphatic rings. The average molecular weight is 284 g/mol. The molecule has 0 bridgehead atoms. The van der Waals surface area contributed by atoms with Gasteiger partial charge in [0.2, 0.25) is 6.79 Å². The van der Waals surface area contributed by atoms with Crippen LogP contribution in [0.3, 0.4) is 0 Å². The Morgan fingerprint density at radius 2 is 2.00 bits per heavy atom. The van der Waals surface area contributed by atoms with Crippen molar-refractivity contribution in [2.45, 2.75) is 18.1 Å². The molecular weight excluding hydrogens is 268 g/mol. The summed E-state index contributed by atoms with van der Waals surface area (Å²) < 4.78 is 10.8. The topological polar surface area (TPSA) is 81.4 Å². The minimum absolute atomic E-state index is 0.0153. The number of benzene rings is 1. The maximum Gasteiger partial charge on any atom is 0.231 e. The first kappa shape index (κ1) is 12.6. The fraction of sp³-hybridized carbons (Fsp3) is 0.267. The molecule has 6 nitrogen and oxygen atoms in total. The van der Waals surface area contributed by atoms with Crippen molar-refractivity contribution in [1.82, 2.24) is 15.8 Å². The first-order chi connectivity index (χ1) is 10.3. The first-order valence-corrected chi connectivity index (χ1v) is 6.90. The summed E-state index contributed by atoms with van der Waals surface area (Å²) in [5.74, 6) is 1.61. The van der Waals surface area contributed by atoms with E-state index in [1.54, 1.807) is 6.20 Å². The van der Waals surface area contributed by atoms with Gasteiger partial charge in [0.05, 0.1) is 17.9 Å². The number of pyridine rings is 1. The number of hydrazine groups is 1. The van der Waals surface area contributed by atoms with E-state index in [0.29, 0.717) is 0 Å². The summed E-state index contributed by atoms with van der Waals surface area (Å²) in [6.45, 7) is 0.273. The lowest BCUT2D eigenvalue weighted by Crippen LogP contribution is -2.38. The van der Waals surface area contributed by atoms with Crippen LogP contribution in [0.5, 0.6) is 11.5 Å². The molecule has 3 unspecified atom stereocenters. The second kappa shape index (κ2) is 5.00. The van der Waals surface area contributed by atoms with Crippen molar-refractivity contribution < 1.29 is 9.47 Å². The van der Waals surface area contributed by atoms with Crippen molar-refractivity contribution in [3.63, 3.8) is 0 Å². The Morgan fingerprint density at radius 3 is 2.86 bits per heavy atom. The smallest absolute Gasteiger partial charge is 0.231 e. The number of nitrogens with zero attached hydrogens (tertiary/aromatic N) is 1. The Labute approximate surface area is 122 Å². The quantitative estimate of drug-likeness (QED) is 0.764. The minimum atomic E-state index is -0.197. The molecule has 3 heterocycles. The second-order valence-corrected chi connectivity index (χ2v) is 5.19. The van der Waals surface area contributed by atoms with Crippen molar-refractivity contribution in [2.24, 2.45) is 5.73 Å². The standard InChI is InChI=1S/C15H16N4O2/c16-15-13(9-4-5-11-12(7-9)21-8-20-11)14(18-19-15)10-3-1-2-6-17-10/h1-7,13-15,18-19H,8,16H2. The molecule has 2 aliphatic heterocycles. The van der Waals surface area contributed by atoms with Gasteiger partial charge in [-0.2, -0.15) is 0 Å². The van der Waals surface area contributed by atoms with Gasteiger partial charge in [0.15, 0.2) is 11.5 Å². The number of fused-ring (bicyclic) bond motifs is 1. The van der Waals surface area contributed by atoms with Crippen LogP contribution in [0.2, 0.25) is 0 Å². The van der Waals surface area contributed by atoms with Gasteiger partial charge in [0.25, 0.3) is 0 Å². The zero-order chi connectivity index (χ0) is 14.2. The molecule has 2 aromatic rings. The lowest BCUT2D eigenvalue weighted by atomic mass is 9.88. The maximum atomic E-state index is 6.21. The SMILES string of the molecule is NC1NNC(c2ccccn2)C1c1ccc2c(c1)OCO2. The van der Waals surface area contributed by atoms with Crippen LogP contribution >= 0.6 is 0 Å². The van der Waals surface area contributed by atoms with E-state index in [9.17, 15) is 0 Å². The Kier molecular flexibility index (Phi) is 2.99. The monoisotopic (exact) mass is 284 g/mol. The summed E-state index contributed by atoms with van der Waals surface area (Å²) in [6.07, 6.45) is 1.59. The molecule has 0 radical (unpaired) electrons. The van der Waals surface area contributed by atoms with Gasteiger partial charge in [-0.25, -0.2) is 10.9 Å². The van der Waals surface area contributed by atoms with Crippen molar-refractivity contribution in [3.8, 4) is 11.5 Å². The average Bonchev–Trinajstić information content (AvgIpc) is 3.13. The third-order valence-electron chi connectivity index (χ3n) is 3.94. The maximum absolute atomic E-state index is 6.21. The number of aromatic nitrogens is 1. The third kappa shape index (κ3) is 2.13. The first-order valence-electron chi connectivity index (χ1n) is 6.90. The van der Waals surface area contributed by atoms with Crippen molar-refractivity contribution in [3.05, 3.63) is 53.9 Å². The third-order valence-corrected chi connectivity index (χ3v) is 3.94. The van der Waals surface area contributed by atoms with Crippen LogP contribution in [0.15, 0.2) is 42.6 Å². The lowest BCUT2D eigenvalue weighted by Gasteiger charge is -2.21. The number of nitrogens with one attached hydrogen (secondary N) is 2. The van der Waals surface area contributed by atoms with Crippen molar-refractivity contribution in [2.75, 3.05) is 6.79 Å². The van der Waals surface area contributed by atoms with E-state index >= 15 is 0 Å².